The molecule has 1 aromatic carbocycles. The number of carbonyl (C=O) groups is 2. The van der Waals surface area contributed by atoms with E-state index < -0.39 is 37.1 Å². The summed E-state index contributed by atoms with van der Waals surface area (Å²) in [4.78, 5) is 23.4. The third-order valence-electron chi connectivity index (χ3n) is 3.18. The highest BCUT2D eigenvalue weighted by Gasteiger charge is 2.27. The first-order valence-electron chi connectivity index (χ1n) is 6.94. The number of nitrogens with zero attached hydrogens (tertiary/aromatic N) is 2. The van der Waals surface area contributed by atoms with Gasteiger partial charge in [-0.1, -0.05) is 30.3 Å². The molecule has 0 unspecified atom stereocenters. The van der Waals surface area contributed by atoms with E-state index in [1.54, 1.807) is 30.3 Å². The summed E-state index contributed by atoms with van der Waals surface area (Å²) in [6, 6.07) is 6.79. The third kappa shape index (κ3) is 4.83. The molecule has 0 fully saturated rings. The van der Waals surface area contributed by atoms with E-state index in [-0.39, 0.29) is 5.56 Å². The number of carbonyl (C=O) groups excluding carboxylic acids is 1. The molecule has 0 saturated heterocycles. The van der Waals surface area contributed by atoms with Crippen LogP contribution in [0.2, 0.25) is 0 Å². The molecule has 0 aliphatic rings. The van der Waals surface area contributed by atoms with Gasteiger partial charge < -0.3 is 10.4 Å². The van der Waals surface area contributed by atoms with Crippen LogP contribution in [0.3, 0.4) is 0 Å². The first kappa shape index (κ1) is 17.5. The number of hydrogen-bond donors (Lipinski definition) is 2. The molecule has 0 spiro atoms. The minimum absolute atomic E-state index is 0.0145. The quantitative estimate of drug-likeness (QED) is 0.845. The topological polar surface area (TPSA) is 84.2 Å². The fourth-order valence-electron chi connectivity index (χ4n) is 1.99. The Morgan fingerprint density at radius 1 is 1.25 bits per heavy atom. The van der Waals surface area contributed by atoms with Crippen LogP contribution in [0.4, 0.5) is 13.2 Å². The number of amides is 1. The molecule has 1 atom stereocenters. The molecule has 2 aromatic rings. The molecule has 2 N–H and O–H groups in total. The van der Waals surface area contributed by atoms with E-state index in [9.17, 15) is 27.9 Å². The second-order valence-electron chi connectivity index (χ2n) is 5.01. The molecule has 1 amide bonds. The van der Waals surface area contributed by atoms with Gasteiger partial charge in [0.15, 0.2) is 6.04 Å². The van der Waals surface area contributed by atoms with Gasteiger partial charge in [0.1, 0.15) is 0 Å². The number of nitrogens with one attached hydrogen (secondary N) is 1. The van der Waals surface area contributed by atoms with Crippen LogP contribution in [0.25, 0.3) is 0 Å². The Morgan fingerprint density at radius 3 is 2.50 bits per heavy atom. The predicted octanol–water partition coefficient (Wildman–Crippen LogP) is 2.39. The number of rotatable bonds is 6. The summed E-state index contributed by atoms with van der Waals surface area (Å²) in [6.45, 7) is -0.419. The lowest BCUT2D eigenvalue weighted by Crippen LogP contribution is -2.33. The zero-order valence-electron chi connectivity index (χ0n) is 12.3. The molecule has 0 aliphatic carbocycles. The number of alkyl halides is 3. The van der Waals surface area contributed by atoms with Crippen molar-refractivity contribution in [1.82, 2.24) is 15.1 Å². The Bertz CT molecular complexity index is 713. The van der Waals surface area contributed by atoms with Crippen LogP contribution >= 0.6 is 0 Å². The van der Waals surface area contributed by atoms with Crippen LogP contribution in [0.15, 0.2) is 42.7 Å². The van der Waals surface area contributed by atoms with Crippen LogP contribution < -0.4 is 5.32 Å². The zero-order chi connectivity index (χ0) is 17.7. The second-order valence-corrected chi connectivity index (χ2v) is 5.01. The third-order valence-corrected chi connectivity index (χ3v) is 3.18. The summed E-state index contributed by atoms with van der Waals surface area (Å²) in [5.74, 6) is -1.98. The van der Waals surface area contributed by atoms with Gasteiger partial charge in [-0.25, -0.2) is 4.79 Å². The first-order valence-corrected chi connectivity index (χ1v) is 6.94. The van der Waals surface area contributed by atoms with Crippen molar-refractivity contribution >= 4 is 11.9 Å². The smallest absolute Gasteiger partial charge is 0.390 e. The standard InChI is InChI=1S/C15H14F3N3O3/c16-15(17,18)6-7-21-9-11(8-19-21)13(22)20-12(14(23)24)10-4-2-1-3-5-10/h1-5,8-9,12H,6-7H2,(H,20,22)(H,23,24)/t12-/m0/s1. The Labute approximate surface area is 134 Å². The number of hydrogen-bond acceptors (Lipinski definition) is 3. The van der Waals surface area contributed by atoms with Gasteiger partial charge in [0, 0.05) is 12.7 Å². The van der Waals surface area contributed by atoms with E-state index in [2.05, 4.69) is 10.4 Å². The number of carboxylic acids is 1. The van der Waals surface area contributed by atoms with Crippen molar-refractivity contribution in [3.05, 3.63) is 53.9 Å². The molecule has 9 heteroatoms. The van der Waals surface area contributed by atoms with Gasteiger partial charge in [0.05, 0.1) is 18.2 Å². The summed E-state index contributed by atoms with van der Waals surface area (Å²) in [7, 11) is 0. The number of aliphatic carboxylic acids is 1. The summed E-state index contributed by atoms with van der Waals surface area (Å²) in [6.07, 6.45) is -3.16. The molecule has 0 radical (unpaired) electrons. The fraction of sp³-hybridized carbons (Fsp3) is 0.267. The predicted molar refractivity (Wildman–Crippen MR) is 77.2 cm³/mol. The molecular formula is C15H14F3N3O3. The second kappa shape index (κ2) is 7.16. The zero-order valence-corrected chi connectivity index (χ0v) is 12.3. The van der Waals surface area contributed by atoms with Crippen molar-refractivity contribution in [1.29, 1.82) is 0 Å². The Balaban J connectivity index is 2.06. The van der Waals surface area contributed by atoms with Crippen LogP contribution in [-0.2, 0) is 11.3 Å². The molecule has 2 rings (SSSR count). The van der Waals surface area contributed by atoms with Gasteiger partial charge in [0.25, 0.3) is 5.91 Å². The van der Waals surface area contributed by atoms with Gasteiger partial charge in [-0.15, -0.1) is 0 Å². The van der Waals surface area contributed by atoms with Crippen molar-refractivity contribution in [3.63, 3.8) is 0 Å². The average Bonchev–Trinajstić information content (AvgIpc) is 2.99. The Hall–Kier alpha value is -2.84. The van der Waals surface area contributed by atoms with E-state index in [0.29, 0.717) is 5.56 Å². The summed E-state index contributed by atoms with van der Waals surface area (Å²) < 4.78 is 37.5. The number of halogens is 3. The number of aromatic nitrogens is 2. The van der Waals surface area contributed by atoms with Crippen molar-refractivity contribution < 1.29 is 27.9 Å². The highest BCUT2D eigenvalue weighted by molar-refractivity contribution is 5.96. The average molecular weight is 341 g/mol. The van der Waals surface area contributed by atoms with Gasteiger partial charge in [-0.05, 0) is 5.56 Å². The molecule has 1 heterocycles. The van der Waals surface area contributed by atoms with E-state index in [1.165, 1.54) is 0 Å². The summed E-state index contributed by atoms with van der Waals surface area (Å²) in [5, 5.41) is 15.2. The number of aryl methyl sites for hydroxylation is 1. The van der Waals surface area contributed by atoms with Crippen LogP contribution in [0, 0.1) is 0 Å². The summed E-state index contributed by atoms with van der Waals surface area (Å²) >= 11 is 0. The normalized spacial score (nSPS) is 12.6. The monoisotopic (exact) mass is 341 g/mol. The first-order chi connectivity index (χ1) is 11.3. The van der Waals surface area contributed by atoms with Crippen LogP contribution in [0.5, 0.6) is 0 Å². The van der Waals surface area contributed by atoms with Gasteiger partial charge in [-0.2, -0.15) is 18.3 Å². The molecule has 6 nitrogen and oxygen atoms in total. The van der Waals surface area contributed by atoms with E-state index in [0.717, 1.165) is 17.1 Å². The fourth-order valence-corrected chi connectivity index (χ4v) is 1.99. The Morgan fingerprint density at radius 2 is 1.92 bits per heavy atom. The molecule has 1 aromatic heterocycles. The van der Waals surface area contributed by atoms with Crippen molar-refractivity contribution in [2.24, 2.45) is 0 Å². The maximum atomic E-state index is 12.2. The highest BCUT2D eigenvalue weighted by atomic mass is 19.4. The lowest BCUT2D eigenvalue weighted by atomic mass is 10.1. The van der Waals surface area contributed by atoms with Crippen molar-refractivity contribution in [2.45, 2.75) is 25.2 Å². The molecular weight excluding hydrogens is 327 g/mol. The minimum atomic E-state index is -4.32. The minimum Gasteiger partial charge on any atom is -0.479 e. The highest BCUT2D eigenvalue weighted by Crippen LogP contribution is 2.20. The molecule has 0 aliphatic heterocycles. The van der Waals surface area contributed by atoms with Gasteiger partial charge in [0.2, 0.25) is 0 Å². The molecule has 24 heavy (non-hydrogen) atoms. The van der Waals surface area contributed by atoms with E-state index >= 15 is 0 Å². The molecule has 0 bridgehead atoms. The van der Waals surface area contributed by atoms with E-state index in [4.69, 9.17) is 0 Å². The van der Waals surface area contributed by atoms with Gasteiger partial charge in [-0.3, -0.25) is 9.48 Å². The largest absolute Gasteiger partial charge is 0.479 e. The molecule has 128 valence electrons. The lowest BCUT2D eigenvalue weighted by molar-refractivity contribution is -0.139. The Kier molecular flexibility index (Phi) is 5.22. The SMILES string of the molecule is O=C(N[C@H](C(=O)O)c1ccccc1)c1cnn(CCC(F)(F)F)c1. The van der Waals surface area contributed by atoms with Crippen LogP contribution in [-0.4, -0.2) is 32.9 Å². The lowest BCUT2D eigenvalue weighted by Gasteiger charge is -2.14. The van der Waals surface area contributed by atoms with Crippen molar-refractivity contribution in [3.8, 4) is 0 Å². The maximum Gasteiger partial charge on any atom is 0.390 e. The molecule has 0 saturated carbocycles. The van der Waals surface area contributed by atoms with E-state index in [1.807, 2.05) is 0 Å². The van der Waals surface area contributed by atoms with Gasteiger partial charge >= 0.3 is 12.1 Å². The van der Waals surface area contributed by atoms with Crippen molar-refractivity contribution in [2.75, 3.05) is 0 Å². The summed E-state index contributed by atoms with van der Waals surface area (Å²) in [5.41, 5.74) is 0.363. The van der Waals surface area contributed by atoms with Crippen LogP contribution in [0.1, 0.15) is 28.4 Å². The maximum absolute atomic E-state index is 12.2. The number of carboxylic acid groups (broad SMARTS) is 1. The number of benzene rings is 1.